The van der Waals surface area contributed by atoms with E-state index in [0.717, 1.165) is 32.1 Å². The molecule has 0 saturated heterocycles. The van der Waals surface area contributed by atoms with Gasteiger partial charge in [0.15, 0.2) is 5.78 Å². The first-order chi connectivity index (χ1) is 12.7. The molecule has 6 heteroatoms. The van der Waals surface area contributed by atoms with Crippen molar-refractivity contribution in [3.05, 3.63) is 50.2 Å². The van der Waals surface area contributed by atoms with Crippen LogP contribution in [-0.2, 0) is 9.59 Å². The topological polar surface area (TPSA) is 75.3 Å². The normalized spacial score (nSPS) is 10.6. The minimum absolute atomic E-state index is 0.0395. The molecule has 0 atom stereocenters. The first-order valence-electron chi connectivity index (χ1n) is 8.92. The summed E-state index contributed by atoms with van der Waals surface area (Å²) in [6.45, 7) is 9.63. The van der Waals surface area contributed by atoms with Crippen molar-refractivity contribution in [1.29, 1.82) is 0 Å². The average Bonchev–Trinajstić information content (AvgIpc) is 2.92. The number of nitrogens with one attached hydrogen (secondary N) is 2. The Balaban J connectivity index is 1.81. The largest absolute Gasteiger partial charge is 0.347 e. The van der Waals surface area contributed by atoms with Gasteiger partial charge in [-0.2, -0.15) is 0 Å². The van der Waals surface area contributed by atoms with Gasteiger partial charge < -0.3 is 10.6 Å². The zero-order valence-electron chi connectivity index (χ0n) is 16.5. The molecule has 5 nitrogen and oxygen atoms in total. The van der Waals surface area contributed by atoms with Gasteiger partial charge in [-0.15, -0.1) is 11.3 Å². The number of amides is 2. The number of anilines is 1. The van der Waals surface area contributed by atoms with Crippen LogP contribution in [0.15, 0.2) is 18.2 Å². The van der Waals surface area contributed by atoms with Crippen LogP contribution in [0.25, 0.3) is 0 Å². The molecule has 1 aromatic carbocycles. The molecule has 2 aromatic rings. The second kappa shape index (κ2) is 8.95. The number of rotatable bonds is 7. The van der Waals surface area contributed by atoms with E-state index < -0.39 is 0 Å². The predicted molar refractivity (Wildman–Crippen MR) is 110 cm³/mol. The van der Waals surface area contributed by atoms with E-state index in [1.54, 1.807) is 11.3 Å². The first-order valence-corrected chi connectivity index (χ1v) is 9.73. The van der Waals surface area contributed by atoms with E-state index in [2.05, 4.69) is 10.6 Å². The van der Waals surface area contributed by atoms with Crippen molar-refractivity contribution in [3.63, 3.8) is 0 Å². The van der Waals surface area contributed by atoms with Crippen LogP contribution < -0.4 is 10.6 Å². The average molecular weight is 387 g/mol. The van der Waals surface area contributed by atoms with Crippen molar-refractivity contribution in [2.45, 2.75) is 47.5 Å². The van der Waals surface area contributed by atoms with Crippen LogP contribution in [0, 0.1) is 34.6 Å². The number of hydrogen-bond acceptors (Lipinski definition) is 4. The Bertz CT molecular complexity index is 861. The van der Waals surface area contributed by atoms with Crippen LogP contribution in [0.5, 0.6) is 0 Å². The van der Waals surface area contributed by atoms with Crippen LogP contribution in [0.4, 0.5) is 5.69 Å². The fourth-order valence-electron chi connectivity index (χ4n) is 3.10. The van der Waals surface area contributed by atoms with E-state index >= 15 is 0 Å². The van der Waals surface area contributed by atoms with E-state index in [4.69, 9.17) is 0 Å². The third kappa shape index (κ3) is 5.76. The van der Waals surface area contributed by atoms with Gasteiger partial charge in [0, 0.05) is 33.8 Å². The molecule has 0 saturated carbocycles. The van der Waals surface area contributed by atoms with Crippen molar-refractivity contribution in [2.24, 2.45) is 0 Å². The number of hydrogen-bond donors (Lipinski definition) is 2. The fourth-order valence-corrected chi connectivity index (χ4v) is 4.04. The molecule has 0 radical (unpaired) electrons. The number of carbonyl (C=O) groups excluding carboxylic acids is 3. The maximum atomic E-state index is 12.2. The first kappa shape index (κ1) is 20.8. The van der Waals surface area contributed by atoms with E-state index in [9.17, 15) is 14.4 Å². The second-order valence-corrected chi connectivity index (χ2v) is 8.31. The van der Waals surface area contributed by atoms with Gasteiger partial charge >= 0.3 is 0 Å². The minimum Gasteiger partial charge on any atom is -0.347 e. The molecule has 0 unspecified atom stereocenters. The van der Waals surface area contributed by atoms with Crippen molar-refractivity contribution < 1.29 is 14.4 Å². The Morgan fingerprint density at radius 1 is 0.889 bits per heavy atom. The summed E-state index contributed by atoms with van der Waals surface area (Å²) in [5, 5.41) is 5.42. The molecule has 1 heterocycles. The van der Waals surface area contributed by atoms with Gasteiger partial charge in [0.25, 0.3) is 0 Å². The van der Waals surface area contributed by atoms with Gasteiger partial charge in [0.05, 0.1) is 6.54 Å². The molecule has 144 valence electrons. The number of Topliss-reactive ketones (excluding diaryl/α,β-unsaturated/α-hetero) is 1. The SMILES string of the molecule is Cc1cc(C)c(NC(=O)CNC(=O)CCC(=O)c2cc(C)sc2C)c(C)c1. The van der Waals surface area contributed by atoms with Gasteiger partial charge in [0.1, 0.15) is 0 Å². The van der Waals surface area contributed by atoms with Gasteiger partial charge in [-0.25, -0.2) is 0 Å². The molecule has 2 amide bonds. The Morgan fingerprint density at radius 2 is 1.52 bits per heavy atom. The van der Waals surface area contributed by atoms with Crippen LogP contribution in [-0.4, -0.2) is 24.1 Å². The van der Waals surface area contributed by atoms with Gasteiger partial charge in [0.2, 0.25) is 11.8 Å². The molecular formula is C21H26N2O3S. The van der Waals surface area contributed by atoms with Crippen molar-refractivity contribution >= 4 is 34.6 Å². The Labute approximate surface area is 164 Å². The van der Waals surface area contributed by atoms with Gasteiger partial charge in [-0.1, -0.05) is 17.7 Å². The molecule has 0 bridgehead atoms. The predicted octanol–water partition coefficient (Wildman–Crippen LogP) is 4.01. The lowest BCUT2D eigenvalue weighted by molar-refractivity contribution is -0.124. The smallest absolute Gasteiger partial charge is 0.243 e. The lowest BCUT2D eigenvalue weighted by atomic mass is 10.1. The highest BCUT2D eigenvalue weighted by atomic mass is 32.1. The zero-order valence-corrected chi connectivity index (χ0v) is 17.3. The number of ketones is 1. The highest BCUT2D eigenvalue weighted by Crippen LogP contribution is 2.23. The summed E-state index contributed by atoms with van der Waals surface area (Å²) in [5.74, 6) is -0.628. The molecule has 1 aromatic heterocycles. The highest BCUT2D eigenvalue weighted by Gasteiger charge is 2.14. The van der Waals surface area contributed by atoms with E-state index in [0.29, 0.717) is 5.56 Å². The summed E-state index contributed by atoms with van der Waals surface area (Å²) in [4.78, 5) is 38.4. The van der Waals surface area contributed by atoms with Crippen molar-refractivity contribution in [3.8, 4) is 0 Å². The molecule has 27 heavy (non-hydrogen) atoms. The Hall–Kier alpha value is -2.47. The summed E-state index contributed by atoms with van der Waals surface area (Å²) >= 11 is 1.58. The minimum atomic E-state index is -0.305. The molecule has 0 aliphatic rings. The molecule has 0 aliphatic heterocycles. The highest BCUT2D eigenvalue weighted by molar-refractivity contribution is 7.12. The summed E-state index contributed by atoms with van der Waals surface area (Å²) < 4.78 is 0. The van der Waals surface area contributed by atoms with Crippen LogP contribution in [0.3, 0.4) is 0 Å². The summed E-state index contributed by atoms with van der Waals surface area (Å²) in [7, 11) is 0. The van der Waals surface area contributed by atoms with Gasteiger partial charge in [-0.3, -0.25) is 14.4 Å². The summed E-state index contributed by atoms with van der Waals surface area (Å²) in [6.07, 6.45) is 0.212. The molecule has 0 fully saturated rings. The van der Waals surface area contributed by atoms with E-state index in [-0.39, 0.29) is 37.0 Å². The van der Waals surface area contributed by atoms with Crippen LogP contribution >= 0.6 is 11.3 Å². The van der Waals surface area contributed by atoms with Gasteiger partial charge in [-0.05, 0) is 51.8 Å². The molecular weight excluding hydrogens is 360 g/mol. The number of aryl methyl sites for hydroxylation is 5. The number of thiophene rings is 1. The maximum absolute atomic E-state index is 12.2. The quantitative estimate of drug-likeness (QED) is 0.706. The summed E-state index contributed by atoms with van der Waals surface area (Å²) in [5.41, 5.74) is 4.57. The second-order valence-electron chi connectivity index (χ2n) is 6.85. The fraction of sp³-hybridized carbons (Fsp3) is 0.381. The van der Waals surface area contributed by atoms with Crippen LogP contribution in [0.2, 0.25) is 0 Å². The Kier molecular flexibility index (Phi) is 6.91. The standard InChI is InChI=1S/C21H26N2O3S/c1-12-8-13(2)21(14(3)9-12)23-20(26)11-22-19(25)7-6-18(24)17-10-15(4)27-16(17)5/h8-10H,6-7,11H2,1-5H3,(H,22,25)(H,23,26). The van der Waals surface area contributed by atoms with E-state index in [1.807, 2.05) is 52.8 Å². The maximum Gasteiger partial charge on any atom is 0.243 e. The number of benzene rings is 1. The van der Waals surface area contributed by atoms with Crippen molar-refractivity contribution in [1.82, 2.24) is 5.32 Å². The van der Waals surface area contributed by atoms with E-state index in [1.165, 1.54) is 0 Å². The molecule has 2 rings (SSSR count). The zero-order chi connectivity index (χ0) is 20.1. The van der Waals surface area contributed by atoms with Crippen LogP contribution in [0.1, 0.15) is 49.6 Å². The van der Waals surface area contributed by atoms with Crippen molar-refractivity contribution in [2.75, 3.05) is 11.9 Å². The molecule has 0 spiro atoms. The Morgan fingerprint density at radius 3 is 2.07 bits per heavy atom. The lowest BCUT2D eigenvalue weighted by Gasteiger charge is -2.13. The third-order valence-corrected chi connectivity index (χ3v) is 5.27. The monoisotopic (exact) mass is 386 g/mol. The summed E-state index contributed by atoms with van der Waals surface area (Å²) in [6, 6.07) is 5.86. The molecule has 0 aliphatic carbocycles. The number of carbonyl (C=O) groups is 3. The third-order valence-electron chi connectivity index (χ3n) is 4.31. The molecule has 2 N–H and O–H groups in total. The lowest BCUT2D eigenvalue weighted by Crippen LogP contribution is -2.33.